The van der Waals surface area contributed by atoms with E-state index in [1.807, 2.05) is 0 Å². The van der Waals surface area contributed by atoms with Gasteiger partial charge in [-0.15, -0.1) is 0 Å². The summed E-state index contributed by atoms with van der Waals surface area (Å²) in [7, 11) is -3.92. The van der Waals surface area contributed by atoms with Crippen LogP contribution in [-0.2, 0) is 14.8 Å². The lowest BCUT2D eigenvalue weighted by Crippen LogP contribution is -2.52. The summed E-state index contributed by atoms with van der Waals surface area (Å²) < 4.78 is 27.2. The topological polar surface area (TPSA) is 83.5 Å². The fourth-order valence-corrected chi connectivity index (χ4v) is 4.45. The third-order valence-corrected chi connectivity index (χ3v) is 5.79. The molecule has 0 radical (unpaired) electrons. The van der Waals surface area contributed by atoms with Crippen molar-refractivity contribution in [3.8, 4) is 0 Å². The average molecular weight is 318 g/mol. The van der Waals surface area contributed by atoms with Gasteiger partial charge >= 0.3 is 5.97 Å². The van der Waals surface area contributed by atoms with Crippen LogP contribution in [0.5, 0.6) is 0 Å². The van der Waals surface area contributed by atoms with E-state index in [1.165, 1.54) is 12.1 Å². The van der Waals surface area contributed by atoms with E-state index < -0.39 is 21.5 Å². The Kier molecular flexibility index (Phi) is 4.09. The summed E-state index contributed by atoms with van der Waals surface area (Å²) in [5.41, 5.74) is -0.978. The number of halogens is 1. The van der Waals surface area contributed by atoms with E-state index in [2.05, 4.69) is 4.72 Å². The number of carbonyl (C=O) groups is 1. The van der Waals surface area contributed by atoms with Crippen LogP contribution >= 0.6 is 11.6 Å². The minimum atomic E-state index is -3.92. The molecule has 0 saturated heterocycles. The van der Waals surface area contributed by atoms with Crippen molar-refractivity contribution in [3.63, 3.8) is 0 Å². The highest BCUT2D eigenvalue weighted by molar-refractivity contribution is 7.89. The third-order valence-electron chi connectivity index (χ3n) is 3.70. The zero-order chi connectivity index (χ0) is 15.0. The molecule has 2 rings (SSSR count). The zero-order valence-corrected chi connectivity index (χ0v) is 12.6. The van der Waals surface area contributed by atoms with E-state index in [1.54, 1.807) is 13.0 Å². The van der Waals surface area contributed by atoms with Gasteiger partial charge in [-0.25, -0.2) is 8.42 Å². The Balaban J connectivity index is 2.41. The van der Waals surface area contributed by atoms with Crippen LogP contribution in [-0.4, -0.2) is 25.0 Å². The number of sulfonamides is 1. The Hall–Kier alpha value is -1.11. The zero-order valence-electron chi connectivity index (χ0n) is 11.0. The number of aliphatic carboxylic acids is 1. The van der Waals surface area contributed by atoms with Crippen molar-refractivity contribution in [2.45, 2.75) is 43.0 Å². The highest BCUT2D eigenvalue weighted by Gasteiger charge is 2.44. The first kappa shape index (κ1) is 15.3. The van der Waals surface area contributed by atoms with E-state index >= 15 is 0 Å². The Morgan fingerprint density at radius 1 is 1.35 bits per heavy atom. The van der Waals surface area contributed by atoms with Crippen LogP contribution in [0.4, 0.5) is 0 Å². The molecular weight excluding hydrogens is 302 g/mol. The molecule has 1 saturated carbocycles. The molecule has 0 heterocycles. The molecule has 1 fully saturated rings. The summed E-state index contributed by atoms with van der Waals surface area (Å²) in [5.74, 6) is -1.13. The molecule has 0 aromatic heterocycles. The molecule has 0 bridgehead atoms. The Morgan fingerprint density at radius 3 is 2.50 bits per heavy atom. The molecule has 1 aromatic rings. The molecule has 110 valence electrons. The number of nitrogens with one attached hydrogen (secondary N) is 1. The van der Waals surface area contributed by atoms with E-state index in [4.69, 9.17) is 11.6 Å². The van der Waals surface area contributed by atoms with Crippen LogP contribution < -0.4 is 4.72 Å². The number of hydrogen-bond acceptors (Lipinski definition) is 3. The summed E-state index contributed by atoms with van der Waals surface area (Å²) >= 11 is 5.93. The van der Waals surface area contributed by atoms with Crippen LogP contribution in [0.2, 0.25) is 5.02 Å². The number of carboxylic acids is 1. The number of carboxylic acid groups (broad SMARTS) is 1. The summed E-state index contributed by atoms with van der Waals surface area (Å²) in [6.45, 7) is 1.60. The van der Waals surface area contributed by atoms with Crippen LogP contribution in [0.25, 0.3) is 0 Å². The second-order valence-electron chi connectivity index (χ2n) is 5.06. The lowest BCUT2D eigenvalue weighted by Gasteiger charge is -2.25. The first-order valence-electron chi connectivity index (χ1n) is 6.31. The molecule has 7 heteroatoms. The first-order chi connectivity index (χ1) is 9.28. The van der Waals surface area contributed by atoms with Crippen molar-refractivity contribution in [2.75, 3.05) is 0 Å². The predicted octanol–water partition coefficient (Wildman–Crippen LogP) is 2.32. The van der Waals surface area contributed by atoms with E-state index in [0.29, 0.717) is 36.3 Å². The lowest BCUT2D eigenvalue weighted by molar-refractivity contribution is -0.143. The van der Waals surface area contributed by atoms with Crippen molar-refractivity contribution < 1.29 is 18.3 Å². The van der Waals surface area contributed by atoms with Gasteiger partial charge in [0.15, 0.2) is 0 Å². The fraction of sp³-hybridized carbons (Fsp3) is 0.462. The van der Waals surface area contributed by atoms with Crippen LogP contribution in [0.15, 0.2) is 23.1 Å². The van der Waals surface area contributed by atoms with Crippen molar-refractivity contribution in [1.82, 2.24) is 4.72 Å². The van der Waals surface area contributed by atoms with Gasteiger partial charge in [-0.2, -0.15) is 4.72 Å². The minimum absolute atomic E-state index is 0.0255. The van der Waals surface area contributed by atoms with Crippen molar-refractivity contribution >= 4 is 27.6 Å². The fourth-order valence-electron chi connectivity index (χ4n) is 2.53. The maximum Gasteiger partial charge on any atom is 0.324 e. The monoisotopic (exact) mass is 317 g/mol. The molecule has 0 unspecified atom stereocenters. The van der Waals surface area contributed by atoms with Gasteiger partial charge in [-0.1, -0.05) is 30.5 Å². The molecule has 0 atom stereocenters. The van der Waals surface area contributed by atoms with Gasteiger partial charge in [-0.3, -0.25) is 4.79 Å². The molecule has 2 N–H and O–H groups in total. The molecule has 0 aliphatic heterocycles. The van der Waals surface area contributed by atoms with Gasteiger partial charge in [0, 0.05) is 5.02 Å². The van der Waals surface area contributed by atoms with Gasteiger partial charge in [0.2, 0.25) is 10.0 Å². The van der Waals surface area contributed by atoms with Crippen LogP contribution in [0, 0.1) is 6.92 Å². The van der Waals surface area contributed by atoms with E-state index in [-0.39, 0.29) is 4.90 Å². The summed E-state index contributed by atoms with van der Waals surface area (Å²) in [5, 5.41) is 9.68. The van der Waals surface area contributed by atoms with E-state index in [0.717, 1.165) is 0 Å². The first-order valence-corrected chi connectivity index (χ1v) is 8.17. The molecule has 1 aromatic carbocycles. The van der Waals surface area contributed by atoms with E-state index in [9.17, 15) is 18.3 Å². The maximum atomic E-state index is 12.4. The van der Waals surface area contributed by atoms with Gasteiger partial charge in [0.05, 0.1) is 4.90 Å². The average Bonchev–Trinajstić information content (AvgIpc) is 2.81. The Labute approximate surface area is 123 Å². The number of rotatable bonds is 4. The molecule has 5 nitrogen and oxygen atoms in total. The summed E-state index contributed by atoms with van der Waals surface area (Å²) in [6, 6.07) is 4.55. The second kappa shape index (κ2) is 5.35. The SMILES string of the molecule is Cc1c(Cl)cccc1S(=O)(=O)NC1(C(=O)O)CCCC1. The molecule has 1 aliphatic carbocycles. The smallest absolute Gasteiger partial charge is 0.324 e. The molecule has 0 amide bonds. The number of hydrogen-bond donors (Lipinski definition) is 2. The highest BCUT2D eigenvalue weighted by Crippen LogP contribution is 2.32. The third kappa shape index (κ3) is 2.68. The van der Waals surface area contributed by atoms with Crippen molar-refractivity contribution in [1.29, 1.82) is 0 Å². The second-order valence-corrected chi connectivity index (χ2v) is 7.12. The Morgan fingerprint density at radius 2 is 1.95 bits per heavy atom. The summed E-state index contributed by atoms with van der Waals surface area (Å²) in [4.78, 5) is 11.5. The quantitative estimate of drug-likeness (QED) is 0.892. The standard InChI is InChI=1S/C13H16ClNO4S/c1-9-10(14)5-4-6-11(9)20(18,19)15-13(12(16)17)7-2-3-8-13/h4-6,15H,2-3,7-8H2,1H3,(H,16,17). The summed E-state index contributed by atoms with van der Waals surface area (Å²) in [6.07, 6.45) is 2.01. The Bertz CT molecular complexity index is 636. The largest absolute Gasteiger partial charge is 0.480 e. The maximum absolute atomic E-state index is 12.4. The number of benzene rings is 1. The molecule has 20 heavy (non-hydrogen) atoms. The molecule has 1 aliphatic rings. The van der Waals surface area contributed by atoms with Gasteiger partial charge in [-0.05, 0) is 37.5 Å². The van der Waals surface area contributed by atoms with Gasteiger partial charge < -0.3 is 5.11 Å². The van der Waals surface area contributed by atoms with Crippen molar-refractivity contribution in [3.05, 3.63) is 28.8 Å². The minimum Gasteiger partial charge on any atom is -0.480 e. The lowest BCUT2D eigenvalue weighted by atomic mass is 10.0. The normalized spacial score (nSPS) is 18.1. The molecular formula is C13H16ClNO4S. The predicted molar refractivity (Wildman–Crippen MR) is 75.3 cm³/mol. The van der Waals surface area contributed by atoms with Gasteiger partial charge in [0.25, 0.3) is 0 Å². The highest BCUT2D eigenvalue weighted by atomic mass is 35.5. The molecule has 0 spiro atoms. The van der Waals surface area contributed by atoms with Crippen LogP contribution in [0.3, 0.4) is 0 Å². The van der Waals surface area contributed by atoms with Crippen molar-refractivity contribution in [2.24, 2.45) is 0 Å². The van der Waals surface area contributed by atoms with Crippen LogP contribution in [0.1, 0.15) is 31.2 Å². The van der Waals surface area contributed by atoms with Gasteiger partial charge in [0.1, 0.15) is 5.54 Å².